The molecule has 0 unspecified atom stereocenters. The van der Waals surface area contributed by atoms with Crippen LogP contribution in [0.3, 0.4) is 0 Å². The molecule has 18 heavy (non-hydrogen) atoms. The minimum Gasteiger partial charge on any atom is -0.357 e. The Morgan fingerprint density at radius 2 is 1.94 bits per heavy atom. The maximum atomic E-state index is 12.6. The van der Waals surface area contributed by atoms with E-state index in [2.05, 4.69) is 9.97 Å². The number of nitrogens with zero attached hydrogens (tertiary/aromatic N) is 3. The standard InChI is InChI=1S/C11H15ClF3N3/c1-3-5-6-18(4-2)9-7-8(12)16-10(17-9)11(13,14)15/h7H,3-6H2,1-2H3. The topological polar surface area (TPSA) is 29.0 Å². The van der Waals surface area contributed by atoms with Crippen molar-refractivity contribution in [2.75, 3.05) is 18.0 Å². The maximum absolute atomic E-state index is 12.6. The van der Waals surface area contributed by atoms with Gasteiger partial charge in [-0.05, 0) is 13.3 Å². The van der Waals surface area contributed by atoms with Gasteiger partial charge in [-0.25, -0.2) is 9.97 Å². The predicted octanol–water partition coefficient (Wildman–Crippen LogP) is 3.78. The minimum atomic E-state index is -4.58. The molecule has 0 saturated heterocycles. The lowest BCUT2D eigenvalue weighted by atomic mass is 10.3. The van der Waals surface area contributed by atoms with Crippen LogP contribution in [0.5, 0.6) is 0 Å². The molecule has 0 amide bonds. The second-order valence-corrected chi connectivity index (χ2v) is 4.19. The molecule has 1 rings (SSSR count). The van der Waals surface area contributed by atoms with Crippen molar-refractivity contribution in [3.63, 3.8) is 0 Å². The molecule has 0 N–H and O–H groups in total. The maximum Gasteiger partial charge on any atom is 0.451 e. The summed E-state index contributed by atoms with van der Waals surface area (Å²) in [4.78, 5) is 8.50. The van der Waals surface area contributed by atoms with E-state index in [-0.39, 0.29) is 11.0 Å². The van der Waals surface area contributed by atoms with Crippen LogP contribution in [0.4, 0.5) is 19.0 Å². The van der Waals surface area contributed by atoms with Crippen LogP contribution in [0.15, 0.2) is 6.07 Å². The molecule has 1 aromatic heterocycles. The Hall–Kier alpha value is -1.04. The Balaban J connectivity index is 3.04. The highest BCUT2D eigenvalue weighted by Crippen LogP contribution is 2.29. The van der Waals surface area contributed by atoms with Crippen molar-refractivity contribution in [2.45, 2.75) is 32.9 Å². The highest BCUT2D eigenvalue weighted by molar-refractivity contribution is 6.29. The smallest absolute Gasteiger partial charge is 0.357 e. The van der Waals surface area contributed by atoms with Crippen molar-refractivity contribution >= 4 is 17.4 Å². The molecular weight excluding hydrogens is 267 g/mol. The molecule has 0 fully saturated rings. The van der Waals surface area contributed by atoms with Crippen molar-refractivity contribution in [3.8, 4) is 0 Å². The SMILES string of the molecule is CCCCN(CC)c1cc(Cl)nc(C(F)(F)F)n1. The zero-order chi connectivity index (χ0) is 13.8. The summed E-state index contributed by atoms with van der Waals surface area (Å²) < 4.78 is 37.7. The Labute approximate surface area is 109 Å². The van der Waals surface area contributed by atoms with Crippen molar-refractivity contribution in [3.05, 3.63) is 17.0 Å². The first-order valence-electron chi connectivity index (χ1n) is 5.75. The number of halogens is 4. The number of hydrogen-bond donors (Lipinski definition) is 0. The molecule has 0 saturated carbocycles. The first kappa shape index (κ1) is 15.0. The molecule has 3 nitrogen and oxygen atoms in total. The van der Waals surface area contributed by atoms with Gasteiger partial charge in [0.05, 0.1) is 0 Å². The van der Waals surface area contributed by atoms with Crippen LogP contribution in [0.25, 0.3) is 0 Å². The van der Waals surface area contributed by atoms with Crippen LogP contribution in [0.2, 0.25) is 5.15 Å². The summed E-state index contributed by atoms with van der Waals surface area (Å²) in [5.41, 5.74) is 0. The van der Waals surface area contributed by atoms with Gasteiger partial charge in [-0.2, -0.15) is 13.2 Å². The number of unbranched alkanes of at least 4 members (excludes halogenated alkanes) is 1. The monoisotopic (exact) mass is 281 g/mol. The van der Waals surface area contributed by atoms with Gasteiger partial charge in [0.2, 0.25) is 5.82 Å². The molecule has 0 aliphatic heterocycles. The average molecular weight is 282 g/mol. The largest absolute Gasteiger partial charge is 0.451 e. The van der Waals surface area contributed by atoms with Crippen molar-refractivity contribution < 1.29 is 13.2 Å². The van der Waals surface area contributed by atoms with Crippen LogP contribution >= 0.6 is 11.6 Å². The van der Waals surface area contributed by atoms with Crippen molar-refractivity contribution in [1.29, 1.82) is 0 Å². The van der Waals surface area contributed by atoms with Crippen molar-refractivity contribution in [2.24, 2.45) is 0 Å². The first-order chi connectivity index (χ1) is 8.38. The van der Waals surface area contributed by atoms with E-state index in [1.54, 1.807) is 4.90 Å². The molecule has 0 aliphatic rings. The number of anilines is 1. The van der Waals surface area contributed by atoms with Crippen LogP contribution in [-0.2, 0) is 6.18 Å². The molecule has 1 heterocycles. The normalized spacial score (nSPS) is 11.7. The Bertz CT molecular complexity index is 396. The molecule has 0 atom stereocenters. The van der Waals surface area contributed by atoms with Gasteiger partial charge in [0.1, 0.15) is 11.0 Å². The second-order valence-electron chi connectivity index (χ2n) is 3.80. The number of rotatable bonds is 5. The molecule has 7 heteroatoms. The van der Waals surface area contributed by atoms with Gasteiger partial charge in [0, 0.05) is 19.2 Å². The third-order valence-electron chi connectivity index (χ3n) is 2.42. The van der Waals surface area contributed by atoms with E-state index >= 15 is 0 Å². The van der Waals surface area contributed by atoms with Crippen LogP contribution in [0, 0.1) is 0 Å². The number of alkyl halides is 3. The third kappa shape index (κ3) is 4.01. The predicted molar refractivity (Wildman–Crippen MR) is 64.8 cm³/mol. The van der Waals surface area contributed by atoms with Gasteiger partial charge in [-0.3, -0.25) is 0 Å². The lowest BCUT2D eigenvalue weighted by Gasteiger charge is -2.22. The van der Waals surface area contributed by atoms with Gasteiger partial charge >= 0.3 is 6.18 Å². The Kier molecular flexibility index (Phi) is 5.19. The quantitative estimate of drug-likeness (QED) is 0.769. The Morgan fingerprint density at radius 1 is 1.28 bits per heavy atom. The third-order valence-corrected chi connectivity index (χ3v) is 2.62. The molecule has 0 spiro atoms. The first-order valence-corrected chi connectivity index (χ1v) is 6.13. The fourth-order valence-electron chi connectivity index (χ4n) is 1.48. The number of aromatic nitrogens is 2. The van der Waals surface area contributed by atoms with E-state index in [1.807, 2.05) is 13.8 Å². The fourth-order valence-corrected chi connectivity index (χ4v) is 1.66. The van der Waals surface area contributed by atoms with E-state index in [0.717, 1.165) is 12.8 Å². The summed E-state index contributed by atoms with van der Waals surface area (Å²) in [5, 5.41) is -0.192. The molecule has 0 aliphatic carbocycles. The summed E-state index contributed by atoms with van der Waals surface area (Å²) >= 11 is 5.61. The fraction of sp³-hybridized carbons (Fsp3) is 0.636. The highest BCUT2D eigenvalue weighted by Gasteiger charge is 2.35. The van der Waals surface area contributed by atoms with E-state index in [0.29, 0.717) is 13.1 Å². The molecular formula is C11H15ClF3N3. The average Bonchev–Trinajstić information content (AvgIpc) is 2.28. The van der Waals surface area contributed by atoms with Gasteiger partial charge in [-0.1, -0.05) is 24.9 Å². The number of hydrogen-bond acceptors (Lipinski definition) is 3. The van der Waals surface area contributed by atoms with Gasteiger partial charge in [0.15, 0.2) is 0 Å². The molecule has 102 valence electrons. The van der Waals surface area contributed by atoms with Crippen LogP contribution in [0.1, 0.15) is 32.5 Å². The molecule has 0 radical (unpaired) electrons. The molecule has 0 bridgehead atoms. The zero-order valence-corrected chi connectivity index (χ0v) is 11.0. The van der Waals surface area contributed by atoms with Gasteiger partial charge in [-0.15, -0.1) is 0 Å². The van der Waals surface area contributed by atoms with E-state index in [4.69, 9.17) is 11.6 Å². The summed E-state index contributed by atoms with van der Waals surface area (Å²) in [6, 6.07) is 1.36. The minimum absolute atomic E-state index is 0.192. The zero-order valence-electron chi connectivity index (χ0n) is 10.3. The van der Waals surface area contributed by atoms with Crippen molar-refractivity contribution in [1.82, 2.24) is 9.97 Å². The highest BCUT2D eigenvalue weighted by atomic mass is 35.5. The van der Waals surface area contributed by atoms with Crippen LogP contribution in [-0.4, -0.2) is 23.1 Å². The van der Waals surface area contributed by atoms with E-state index < -0.39 is 12.0 Å². The van der Waals surface area contributed by atoms with Crippen LogP contribution < -0.4 is 4.90 Å². The van der Waals surface area contributed by atoms with E-state index in [9.17, 15) is 13.2 Å². The Morgan fingerprint density at radius 3 is 2.44 bits per heavy atom. The second kappa shape index (κ2) is 6.22. The molecule has 1 aromatic rings. The summed E-state index contributed by atoms with van der Waals surface area (Å²) in [6.07, 6.45) is -2.73. The van der Waals surface area contributed by atoms with Gasteiger partial charge < -0.3 is 4.90 Å². The summed E-state index contributed by atoms with van der Waals surface area (Å²) in [7, 11) is 0. The van der Waals surface area contributed by atoms with Gasteiger partial charge in [0.25, 0.3) is 0 Å². The molecule has 0 aromatic carbocycles. The summed E-state index contributed by atoms with van der Waals surface area (Å²) in [6.45, 7) is 5.10. The van der Waals surface area contributed by atoms with E-state index in [1.165, 1.54) is 6.07 Å². The summed E-state index contributed by atoms with van der Waals surface area (Å²) in [5.74, 6) is -0.974. The lowest BCUT2D eigenvalue weighted by molar-refractivity contribution is -0.144. The lowest BCUT2D eigenvalue weighted by Crippen LogP contribution is -2.26.